The SMILES string of the molecule is CCCCN1CCc2c(cc(O)c(O)c2Cl)C(c2cccs2)C1. The number of halogens is 1. The smallest absolute Gasteiger partial charge is 0.176 e. The molecule has 0 bridgehead atoms. The lowest BCUT2D eigenvalue weighted by Crippen LogP contribution is -2.29. The lowest BCUT2D eigenvalue weighted by Gasteiger charge is -2.24. The molecular formula is C18H22ClNO2S. The van der Waals surface area contributed by atoms with Crippen molar-refractivity contribution < 1.29 is 10.2 Å². The fourth-order valence-electron chi connectivity index (χ4n) is 3.29. The molecular weight excluding hydrogens is 330 g/mol. The van der Waals surface area contributed by atoms with Gasteiger partial charge < -0.3 is 15.1 Å². The molecule has 1 aromatic carbocycles. The van der Waals surface area contributed by atoms with E-state index in [0.29, 0.717) is 5.02 Å². The summed E-state index contributed by atoms with van der Waals surface area (Å²) in [6.07, 6.45) is 3.15. The number of rotatable bonds is 4. The summed E-state index contributed by atoms with van der Waals surface area (Å²) in [6, 6.07) is 5.90. The summed E-state index contributed by atoms with van der Waals surface area (Å²) >= 11 is 8.07. The molecule has 0 saturated carbocycles. The van der Waals surface area contributed by atoms with Crippen molar-refractivity contribution in [3.8, 4) is 11.5 Å². The Morgan fingerprint density at radius 1 is 1.39 bits per heavy atom. The molecule has 1 atom stereocenters. The van der Waals surface area contributed by atoms with E-state index in [2.05, 4.69) is 29.3 Å². The molecule has 3 rings (SSSR count). The minimum atomic E-state index is -0.197. The average Bonchev–Trinajstić information content (AvgIpc) is 3.01. The Balaban J connectivity index is 2.04. The first kappa shape index (κ1) is 16.6. The van der Waals surface area contributed by atoms with Gasteiger partial charge in [-0.15, -0.1) is 11.3 Å². The fourth-order valence-corrected chi connectivity index (χ4v) is 4.42. The van der Waals surface area contributed by atoms with Crippen molar-refractivity contribution in [3.63, 3.8) is 0 Å². The van der Waals surface area contributed by atoms with Crippen LogP contribution in [-0.2, 0) is 6.42 Å². The van der Waals surface area contributed by atoms with Crippen molar-refractivity contribution in [2.75, 3.05) is 19.6 Å². The van der Waals surface area contributed by atoms with Crippen molar-refractivity contribution in [2.45, 2.75) is 32.1 Å². The monoisotopic (exact) mass is 351 g/mol. The minimum absolute atomic E-state index is 0.127. The summed E-state index contributed by atoms with van der Waals surface area (Å²) in [6.45, 7) is 5.13. The molecule has 2 heterocycles. The molecule has 0 aliphatic carbocycles. The van der Waals surface area contributed by atoms with Crippen molar-refractivity contribution >= 4 is 22.9 Å². The molecule has 1 unspecified atom stereocenters. The zero-order valence-corrected chi connectivity index (χ0v) is 14.8. The van der Waals surface area contributed by atoms with Crippen LogP contribution in [0.4, 0.5) is 0 Å². The molecule has 1 aliphatic rings. The average molecular weight is 352 g/mol. The maximum absolute atomic E-state index is 10.0. The molecule has 1 aromatic heterocycles. The summed E-state index contributed by atoms with van der Waals surface area (Å²) in [5.41, 5.74) is 2.02. The number of thiophene rings is 1. The second kappa shape index (κ2) is 7.12. The summed E-state index contributed by atoms with van der Waals surface area (Å²) < 4.78 is 0. The van der Waals surface area contributed by atoms with Crippen LogP contribution in [0.2, 0.25) is 5.02 Å². The predicted octanol–water partition coefficient (Wildman–Crippen LogP) is 4.60. The zero-order valence-electron chi connectivity index (χ0n) is 13.3. The van der Waals surface area contributed by atoms with Crippen LogP contribution >= 0.6 is 22.9 Å². The second-order valence-electron chi connectivity index (χ2n) is 6.10. The van der Waals surface area contributed by atoms with E-state index in [1.54, 1.807) is 17.4 Å². The molecule has 0 amide bonds. The Labute approximate surface area is 146 Å². The van der Waals surface area contributed by atoms with Gasteiger partial charge in [0.15, 0.2) is 11.5 Å². The van der Waals surface area contributed by atoms with Crippen LogP contribution in [0.25, 0.3) is 0 Å². The maximum Gasteiger partial charge on any atom is 0.176 e. The van der Waals surface area contributed by atoms with Crippen LogP contribution in [0.5, 0.6) is 11.5 Å². The van der Waals surface area contributed by atoms with Gasteiger partial charge in [0.2, 0.25) is 0 Å². The number of benzene rings is 1. The van der Waals surface area contributed by atoms with Crippen LogP contribution < -0.4 is 0 Å². The quantitative estimate of drug-likeness (QED) is 0.791. The van der Waals surface area contributed by atoms with Gasteiger partial charge in [0.05, 0.1) is 5.02 Å². The number of nitrogens with zero attached hydrogens (tertiary/aromatic N) is 1. The molecule has 3 nitrogen and oxygen atoms in total. The van der Waals surface area contributed by atoms with E-state index in [0.717, 1.165) is 37.2 Å². The molecule has 124 valence electrons. The number of unbranched alkanes of at least 4 members (excludes halogenated alkanes) is 1. The highest BCUT2D eigenvalue weighted by Crippen LogP contribution is 2.44. The van der Waals surface area contributed by atoms with E-state index in [1.807, 2.05) is 0 Å². The van der Waals surface area contributed by atoms with Crippen LogP contribution in [0, 0.1) is 0 Å². The van der Waals surface area contributed by atoms with E-state index < -0.39 is 0 Å². The molecule has 0 radical (unpaired) electrons. The Hall–Kier alpha value is -1.23. The lowest BCUT2D eigenvalue weighted by molar-refractivity contribution is 0.273. The molecule has 5 heteroatoms. The molecule has 0 fully saturated rings. The van der Waals surface area contributed by atoms with Crippen LogP contribution in [0.1, 0.15) is 41.7 Å². The number of phenolic OH excluding ortho intramolecular Hbond substituents is 2. The van der Waals surface area contributed by atoms with E-state index >= 15 is 0 Å². The summed E-state index contributed by atoms with van der Waals surface area (Å²) in [5, 5.41) is 22.4. The van der Waals surface area contributed by atoms with Gasteiger partial charge in [0.1, 0.15) is 0 Å². The molecule has 2 N–H and O–H groups in total. The first-order valence-corrected chi connectivity index (χ1v) is 9.36. The largest absolute Gasteiger partial charge is 0.504 e. The molecule has 0 saturated heterocycles. The number of phenols is 2. The van der Waals surface area contributed by atoms with Gasteiger partial charge in [0, 0.05) is 23.9 Å². The van der Waals surface area contributed by atoms with Crippen molar-refractivity contribution in [1.29, 1.82) is 0 Å². The molecule has 23 heavy (non-hydrogen) atoms. The van der Waals surface area contributed by atoms with Gasteiger partial charge in [-0.3, -0.25) is 0 Å². The standard InChI is InChI=1S/C18H22ClNO2S/c1-2-3-7-20-8-6-12-13(10-15(21)18(22)17(12)19)14(11-20)16-5-4-9-23-16/h4-5,9-10,14,21-22H,2-3,6-8,11H2,1H3. The van der Waals surface area contributed by atoms with Crippen molar-refractivity contribution in [1.82, 2.24) is 4.90 Å². The van der Waals surface area contributed by atoms with E-state index in [4.69, 9.17) is 11.6 Å². The number of hydrogen-bond donors (Lipinski definition) is 2. The number of aromatic hydroxyl groups is 2. The molecule has 2 aromatic rings. The third-order valence-electron chi connectivity index (χ3n) is 4.56. The van der Waals surface area contributed by atoms with Crippen LogP contribution in [0.3, 0.4) is 0 Å². The van der Waals surface area contributed by atoms with E-state index in [1.165, 1.54) is 17.7 Å². The third-order valence-corrected chi connectivity index (χ3v) is 5.96. The highest BCUT2D eigenvalue weighted by molar-refractivity contribution is 7.10. The Kier molecular flexibility index (Phi) is 5.14. The van der Waals surface area contributed by atoms with Gasteiger partial charge in [-0.25, -0.2) is 0 Å². The van der Waals surface area contributed by atoms with E-state index in [-0.39, 0.29) is 17.4 Å². The Morgan fingerprint density at radius 3 is 2.91 bits per heavy atom. The highest BCUT2D eigenvalue weighted by Gasteiger charge is 2.28. The minimum Gasteiger partial charge on any atom is -0.504 e. The molecule has 1 aliphatic heterocycles. The zero-order chi connectivity index (χ0) is 16.4. The summed E-state index contributed by atoms with van der Waals surface area (Å²) in [5.74, 6) is -0.136. The fraction of sp³-hybridized carbons (Fsp3) is 0.444. The van der Waals surface area contributed by atoms with Gasteiger partial charge >= 0.3 is 0 Å². The number of fused-ring (bicyclic) bond motifs is 1. The third kappa shape index (κ3) is 3.35. The summed E-state index contributed by atoms with van der Waals surface area (Å²) in [7, 11) is 0. The van der Waals surface area contributed by atoms with Gasteiger partial charge in [-0.1, -0.05) is 31.0 Å². The second-order valence-corrected chi connectivity index (χ2v) is 7.46. The van der Waals surface area contributed by atoms with Crippen LogP contribution in [-0.4, -0.2) is 34.7 Å². The van der Waals surface area contributed by atoms with E-state index in [9.17, 15) is 10.2 Å². The normalized spacial score (nSPS) is 18.6. The Morgan fingerprint density at radius 2 is 2.22 bits per heavy atom. The number of hydrogen-bond acceptors (Lipinski definition) is 4. The summed E-state index contributed by atoms with van der Waals surface area (Å²) in [4.78, 5) is 3.74. The van der Waals surface area contributed by atoms with Gasteiger partial charge in [-0.05, 0) is 48.0 Å². The maximum atomic E-state index is 10.0. The Bertz CT molecular complexity index is 672. The van der Waals surface area contributed by atoms with Crippen molar-refractivity contribution in [2.24, 2.45) is 0 Å². The first-order chi connectivity index (χ1) is 11.1. The molecule has 0 spiro atoms. The van der Waals surface area contributed by atoms with Gasteiger partial charge in [-0.2, -0.15) is 0 Å². The lowest BCUT2D eigenvalue weighted by atomic mass is 9.92. The highest BCUT2D eigenvalue weighted by atomic mass is 35.5. The predicted molar refractivity (Wildman–Crippen MR) is 96.0 cm³/mol. The van der Waals surface area contributed by atoms with Crippen molar-refractivity contribution in [3.05, 3.63) is 44.6 Å². The topological polar surface area (TPSA) is 43.7 Å². The first-order valence-electron chi connectivity index (χ1n) is 8.10. The van der Waals surface area contributed by atoms with Crippen LogP contribution in [0.15, 0.2) is 23.6 Å². The van der Waals surface area contributed by atoms with Gasteiger partial charge in [0.25, 0.3) is 0 Å².